The molecule has 13 heteroatoms. The number of nitrogens with zero attached hydrogens (tertiary/aromatic N) is 5. The number of aliphatic hydroxyl groups is 1. The minimum absolute atomic E-state index is 0.0261. The minimum atomic E-state index is -4.74. The van der Waals surface area contributed by atoms with Crippen LogP contribution in [0.2, 0.25) is 0 Å². The van der Waals surface area contributed by atoms with E-state index in [9.17, 15) is 27.9 Å². The second-order valence-corrected chi connectivity index (χ2v) is 10.9. The number of thiophene rings is 1. The summed E-state index contributed by atoms with van der Waals surface area (Å²) in [5.41, 5.74) is -0.766. The number of benzene rings is 1. The van der Waals surface area contributed by atoms with Crippen LogP contribution in [0.4, 0.5) is 13.2 Å². The van der Waals surface area contributed by atoms with E-state index in [0.717, 1.165) is 11.1 Å². The van der Waals surface area contributed by atoms with E-state index in [0.29, 0.717) is 46.9 Å². The molecule has 1 atom stereocenters. The van der Waals surface area contributed by atoms with Gasteiger partial charge in [-0.05, 0) is 50.2 Å². The standard InChI is InChI=1S/C28H28F3N5O4S/c1-16-24(18-4-6-19(40-3)7-5-18)33-26-20(14-32-36(26)25(16)28(29,30)31)27(39)35-12-10-34(11-13-35)21(15-37)23-9-8-22(41-23)17(2)38/h4-9,14,21,37H,10-13,15H2,1-3H3/t21-/m0/s1. The third-order valence-electron chi connectivity index (χ3n) is 7.26. The summed E-state index contributed by atoms with van der Waals surface area (Å²) in [7, 11) is 1.49. The maximum absolute atomic E-state index is 14.2. The fourth-order valence-electron chi connectivity index (χ4n) is 5.10. The minimum Gasteiger partial charge on any atom is -0.497 e. The number of piperazine rings is 1. The van der Waals surface area contributed by atoms with Crippen molar-refractivity contribution < 1.29 is 32.6 Å². The molecule has 3 aromatic heterocycles. The third-order valence-corrected chi connectivity index (χ3v) is 8.55. The van der Waals surface area contributed by atoms with Crippen LogP contribution < -0.4 is 4.74 Å². The first-order valence-corrected chi connectivity index (χ1v) is 13.7. The molecule has 1 aliphatic heterocycles. The number of hydrogen-bond acceptors (Lipinski definition) is 8. The Bertz CT molecular complexity index is 1590. The van der Waals surface area contributed by atoms with E-state index in [2.05, 4.69) is 10.1 Å². The van der Waals surface area contributed by atoms with Crippen molar-refractivity contribution in [3.63, 3.8) is 0 Å². The molecule has 1 aliphatic rings. The lowest BCUT2D eigenvalue weighted by Crippen LogP contribution is -2.50. The number of aromatic nitrogens is 3. The Balaban J connectivity index is 1.43. The highest BCUT2D eigenvalue weighted by atomic mass is 32.1. The van der Waals surface area contributed by atoms with Crippen LogP contribution in [0.1, 0.15) is 49.1 Å². The molecule has 216 valence electrons. The maximum atomic E-state index is 14.2. The predicted octanol–water partition coefficient (Wildman–Crippen LogP) is 4.49. The number of methoxy groups -OCH3 is 1. The molecule has 1 aromatic carbocycles. The summed E-state index contributed by atoms with van der Waals surface area (Å²) in [4.78, 5) is 34.8. The van der Waals surface area contributed by atoms with Crippen molar-refractivity contribution in [1.29, 1.82) is 0 Å². The Hall–Kier alpha value is -3.81. The number of rotatable bonds is 7. The molecular weight excluding hydrogens is 559 g/mol. The SMILES string of the molecule is COc1ccc(-c2nc3c(C(=O)N4CCN([C@@H](CO)c5ccc(C(C)=O)s5)CC4)cnn3c(C(F)(F)F)c2C)cc1. The average molecular weight is 588 g/mol. The highest BCUT2D eigenvalue weighted by Gasteiger charge is 2.39. The van der Waals surface area contributed by atoms with Gasteiger partial charge in [0.2, 0.25) is 0 Å². The van der Waals surface area contributed by atoms with E-state index in [1.165, 1.54) is 32.3 Å². The quantitative estimate of drug-likeness (QED) is 0.318. The number of carbonyl (C=O) groups is 2. The molecule has 1 amide bonds. The third kappa shape index (κ3) is 5.44. The number of aliphatic hydroxyl groups excluding tert-OH is 1. The van der Waals surface area contributed by atoms with Gasteiger partial charge in [-0.25, -0.2) is 9.50 Å². The van der Waals surface area contributed by atoms with Crippen LogP contribution >= 0.6 is 11.3 Å². The summed E-state index contributed by atoms with van der Waals surface area (Å²) < 4.78 is 48.6. The van der Waals surface area contributed by atoms with Gasteiger partial charge in [0.25, 0.3) is 5.91 Å². The van der Waals surface area contributed by atoms with Gasteiger partial charge in [-0.15, -0.1) is 11.3 Å². The van der Waals surface area contributed by atoms with Crippen molar-refractivity contribution in [2.45, 2.75) is 26.1 Å². The number of Topliss-reactive ketones (excluding diaryl/α,β-unsaturated/α-hetero) is 1. The summed E-state index contributed by atoms with van der Waals surface area (Å²) in [6, 6.07) is 9.73. The van der Waals surface area contributed by atoms with Crippen molar-refractivity contribution in [3.05, 3.63) is 69.2 Å². The summed E-state index contributed by atoms with van der Waals surface area (Å²) in [5.74, 6) is 0.0273. The molecule has 0 spiro atoms. The lowest BCUT2D eigenvalue weighted by Gasteiger charge is -2.38. The van der Waals surface area contributed by atoms with Gasteiger partial charge in [0.05, 0.1) is 36.5 Å². The number of alkyl halides is 3. The summed E-state index contributed by atoms with van der Waals surface area (Å²) in [6.45, 7) is 4.12. The normalized spacial score (nSPS) is 15.3. The zero-order valence-corrected chi connectivity index (χ0v) is 23.4. The molecule has 4 heterocycles. The number of ketones is 1. The van der Waals surface area contributed by atoms with Crippen LogP contribution in [0.15, 0.2) is 42.6 Å². The van der Waals surface area contributed by atoms with Gasteiger partial charge in [0.1, 0.15) is 11.3 Å². The molecule has 41 heavy (non-hydrogen) atoms. The number of fused-ring (bicyclic) bond motifs is 1. The number of hydrogen-bond donors (Lipinski definition) is 1. The van der Waals surface area contributed by atoms with Gasteiger partial charge >= 0.3 is 6.18 Å². The fourth-order valence-corrected chi connectivity index (χ4v) is 6.13. The molecular formula is C28H28F3N5O4S. The molecule has 1 saturated heterocycles. The fraction of sp³-hybridized carbons (Fsp3) is 0.357. The predicted molar refractivity (Wildman–Crippen MR) is 146 cm³/mol. The molecule has 0 saturated carbocycles. The molecule has 4 aromatic rings. The maximum Gasteiger partial charge on any atom is 0.433 e. The van der Waals surface area contributed by atoms with Crippen LogP contribution in [-0.2, 0) is 6.18 Å². The lowest BCUT2D eigenvalue weighted by atomic mass is 10.0. The van der Waals surface area contributed by atoms with Gasteiger partial charge in [-0.3, -0.25) is 14.5 Å². The van der Waals surface area contributed by atoms with Crippen LogP contribution in [-0.4, -0.2) is 81.1 Å². The molecule has 5 rings (SSSR count). The van der Waals surface area contributed by atoms with E-state index in [1.807, 2.05) is 11.0 Å². The van der Waals surface area contributed by atoms with Crippen molar-refractivity contribution in [3.8, 4) is 17.0 Å². The molecule has 1 N–H and O–H groups in total. The van der Waals surface area contributed by atoms with E-state index in [-0.39, 0.29) is 40.9 Å². The van der Waals surface area contributed by atoms with E-state index < -0.39 is 17.8 Å². The van der Waals surface area contributed by atoms with Crippen molar-refractivity contribution in [2.24, 2.45) is 0 Å². The van der Waals surface area contributed by atoms with Crippen molar-refractivity contribution in [1.82, 2.24) is 24.4 Å². The molecule has 0 radical (unpaired) electrons. The second-order valence-electron chi connectivity index (χ2n) is 9.74. The largest absolute Gasteiger partial charge is 0.497 e. The number of amides is 1. The van der Waals surface area contributed by atoms with Crippen molar-refractivity contribution >= 4 is 28.7 Å². The highest BCUT2D eigenvalue weighted by molar-refractivity contribution is 7.14. The van der Waals surface area contributed by atoms with Crippen LogP contribution in [0.25, 0.3) is 16.9 Å². The van der Waals surface area contributed by atoms with Gasteiger partial charge in [0.15, 0.2) is 17.1 Å². The van der Waals surface area contributed by atoms with Crippen LogP contribution in [0, 0.1) is 6.92 Å². The van der Waals surface area contributed by atoms with Crippen LogP contribution in [0.5, 0.6) is 5.75 Å². The van der Waals surface area contributed by atoms with Gasteiger partial charge in [-0.2, -0.15) is 18.3 Å². The monoisotopic (exact) mass is 587 g/mol. The highest BCUT2D eigenvalue weighted by Crippen LogP contribution is 2.37. The number of carbonyl (C=O) groups excluding carboxylic acids is 2. The summed E-state index contributed by atoms with van der Waals surface area (Å²) in [6.07, 6.45) is -3.61. The molecule has 9 nitrogen and oxygen atoms in total. The summed E-state index contributed by atoms with van der Waals surface area (Å²) in [5, 5.41) is 14.0. The molecule has 1 fully saturated rings. The molecule has 0 bridgehead atoms. The Morgan fingerprint density at radius 1 is 1.10 bits per heavy atom. The van der Waals surface area contributed by atoms with E-state index in [1.54, 1.807) is 35.2 Å². The Morgan fingerprint density at radius 3 is 2.34 bits per heavy atom. The summed E-state index contributed by atoms with van der Waals surface area (Å²) >= 11 is 1.33. The average Bonchev–Trinajstić information content (AvgIpc) is 3.60. The zero-order chi connectivity index (χ0) is 29.5. The van der Waals surface area contributed by atoms with Crippen LogP contribution in [0.3, 0.4) is 0 Å². The van der Waals surface area contributed by atoms with Gasteiger partial charge in [0, 0.05) is 42.2 Å². The van der Waals surface area contributed by atoms with Crippen molar-refractivity contribution in [2.75, 3.05) is 39.9 Å². The van der Waals surface area contributed by atoms with E-state index >= 15 is 0 Å². The second kappa shape index (κ2) is 11.2. The Morgan fingerprint density at radius 2 is 1.78 bits per heavy atom. The van der Waals surface area contributed by atoms with Gasteiger partial charge in [-0.1, -0.05) is 0 Å². The van der Waals surface area contributed by atoms with Gasteiger partial charge < -0.3 is 14.7 Å². The first-order chi connectivity index (χ1) is 19.5. The topological polar surface area (TPSA) is 100 Å². The Kier molecular flexibility index (Phi) is 7.86. The molecule has 0 aliphatic carbocycles. The lowest BCUT2D eigenvalue weighted by molar-refractivity contribution is -0.143. The number of halogens is 3. The first-order valence-electron chi connectivity index (χ1n) is 12.9. The van der Waals surface area contributed by atoms with E-state index in [4.69, 9.17) is 4.74 Å². The zero-order valence-electron chi connectivity index (χ0n) is 22.6. The molecule has 0 unspecified atom stereocenters. The first kappa shape index (κ1) is 28.7. The smallest absolute Gasteiger partial charge is 0.433 e. The number of ether oxygens (including phenoxy) is 1. The Labute approximate surface area is 237 Å².